The predicted octanol–water partition coefficient (Wildman–Crippen LogP) is 3.99. The molecule has 0 aliphatic carbocycles. The van der Waals surface area contributed by atoms with Crippen LogP contribution in [0.25, 0.3) is 0 Å². The van der Waals surface area contributed by atoms with E-state index in [0.717, 1.165) is 6.29 Å². The largest absolute Gasteiger partial charge is 0.480 e. The minimum Gasteiger partial charge on any atom is -0.480 e. The summed E-state index contributed by atoms with van der Waals surface area (Å²) >= 11 is 11.3. The normalized spacial score (nSPS) is 9.24. The molecule has 6 heteroatoms. The molecule has 0 fully saturated rings. The number of hydrogen-bond acceptors (Lipinski definition) is 3. The quantitative estimate of drug-likeness (QED) is 0.834. The van der Waals surface area contributed by atoms with E-state index in [-0.39, 0.29) is 6.54 Å². The summed E-state index contributed by atoms with van der Waals surface area (Å²) in [5, 5.41) is 12.1. The van der Waals surface area contributed by atoms with Gasteiger partial charge in [0.15, 0.2) is 6.29 Å². The van der Waals surface area contributed by atoms with Crippen LogP contribution in [-0.2, 0) is 4.79 Å². The Hall–Kier alpha value is -2.04. The average Bonchev–Trinajstić information content (AvgIpc) is 2.47. The third-order valence-electron chi connectivity index (χ3n) is 2.34. The number of benzene rings is 2. The van der Waals surface area contributed by atoms with Gasteiger partial charge in [0.05, 0.1) is 15.7 Å². The number of para-hydroxylation sites is 1. The molecule has 0 bridgehead atoms. The van der Waals surface area contributed by atoms with Gasteiger partial charge in [-0.2, -0.15) is 0 Å². The van der Waals surface area contributed by atoms with E-state index < -0.39 is 5.97 Å². The van der Waals surface area contributed by atoms with E-state index in [9.17, 15) is 9.59 Å². The van der Waals surface area contributed by atoms with E-state index >= 15 is 0 Å². The van der Waals surface area contributed by atoms with Crippen molar-refractivity contribution in [3.8, 4) is 0 Å². The molecule has 0 saturated carbocycles. The summed E-state index contributed by atoms with van der Waals surface area (Å²) in [6.45, 7) is -0.121. The number of aldehydes is 1. The van der Waals surface area contributed by atoms with Gasteiger partial charge in [-0.15, -0.1) is 0 Å². The molecule has 0 amide bonds. The summed E-state index contributed by atoms with van der Waals surface area (Å²) in [6, 6.07) is 13.9. The molecule has 0 aliphatic heterocycles. The molecular weight excluding hydrogens is 313 g/mol. The Bertz CT molecular complexity index is 617. The Kier molecular flexibility index (Phi) is 7.29. The Morgan fingerprint density at radius 3 is 2.10 bits per heavy atom. The van der Waals surface area contributed by atoms with Crippen LogP contribution in [-0.4, -0.2) is 23.9 Å². The summed E-state index contributed by atoms with van der Waals surface area (Å²) < 4.78 is 0. The SMILES string of the molecule is O=C(O)CNc1ccccc1Cl.O=Cc1ccccc1Cl. The molecular formula is C15H13Cl2NO3. The highest BCUT2D eigenvalue weighted by atomic mass is 35.5. The first kappa shape index (κ1) is 17.0. The fraction of sp³-hybridized carbons (Fsp3) is 0.0667. The maximum Gasteiger partial charge on any atom is 0.322 e. The van der Waals surface area contributed by atoms with Crippen LogP contribution in [0.3, 0.4) is 0 Å². The van der Waals surface area contributed by atoms with Gasteiger partial charge in [0, 0.05) is 5.56 Å². The van der Waals surface area contributed by atoms with Crippen LogP contribution in [0.1, 0.15) is 10.4 Å². The second-order valence-corrected chi connectivity index (χ2v) is 4.68. The molecule has 2 N–H and O–H groups in total. The van der Waals surface area contributed by atoms with E-state index in [4.69, 9.17) is 28.3 Å². The molecule has 0 heterocycles. The molecule has 2 rings (SSSR count). The first-order chi connectivity index (χ1) is 10.0. The van der Waals surface area contributed by atoms with Crippen LogP contribution >= 0.6 is 23.2 Å². The van der Waals surface area contributed by atoms with Gasteiger partial charge < -0.3 is 10.4 Å². The van der Waals surface area contributed by atoms with Crippen molar-refractivity contribution in [3.05, 3.63) is 64.1 Å². The lowest BCUT2D eigenvalue weighted by Gasteiger charge is -2.03. The molecule has 0 aromatic heterocycles. The van der Waals surface area contributed by atoms with E-state index in [2.05, 4.69) is 5.32 Å². The molecule has 0 saturated heterocycles. The number of rotatable bonds is 4. The highest BCUT2D eigenvalue weighted by Gasteiger charge is 1.99. The van der Waals surface area contributed by atoms with E-state index in [0.29, 0.717) is 21.3 Å². The predicted molar refractivity (Wildman–Crippen MR) is 84.4 cm³/mol. The van der Waals surface area contributed by atoms with Crippen LogP contribution in [0.15, 0.2) is 48.5 Å². The van der Waals surface area contributed by atoms with Crippen LogP contribution in [0, 0.1) is 0 Å². The monoisotopic (exact) mass is 325 g/mol. The molecule has 0 aliphatic rings. The van der Waals surface area contributed by atoms with Crippen molar-refractivity contribution in [2.45, 2.75) is 0 Å². The van der Waals surface area contributed by atoms with Crippen molar-refractivity contribution in [2.75, 3.05) is 11.9 Å². The standard InChI is InChI=1S/C8H8ClNO2.C7H5ClO/c9-6-3-1-2-4-7(6)10-5-8(11)12;8-7-4-2-1-3-6(7)5-9/h1-4,10H,5H2,(H,11,12);1-5H. The maximum absolute atomic E-state index is 10.2. The first-order valence-electron chi connectivity index (χ1n) is 5.94. The van der Waals surface area contributed by atoms with Gasteiger partial charge in [-0.1, -0.05) is 53.5 Å². The summed E-state index contributed by atoms with van der Waals surface area (Å²) in [7, 11) is 0. The highest BCUT2D eigenvalue weighted by molar-refractivity contribution is 6.33. The number of halogens is 2. The number of carboxylic acids is 1. The van der Waals surface area contributed by atoms with Crippen molar-refractivity contribution in [3.63, 3.8) is 0 Å². The Morgan fingerprint density at radius 2 is 1.62 bits per heavy atom. The van der Waals surface area contributed by atoms with Crippen molar-refractivity contribution in [2.24, 2.45) is 0 Å². The van der Waals surface area contributed by atoms with Gasteiger partial charge in [0.2, 0.25) is 0 Å². The van der Waals surface area contributed by atoms with E-state index in [1.807, 2.05) is 0 Å². The van der Waals surface area contributed by atoms with E-state index in [1.165, 1.54) is 0 Å². The Labute approximate surface area is 132 Å². The maximum atomic E-state index is 10.2. The molecule has 0 atom stereocenters. The van der Waals surface area contributed by atoms with Gasteiger partial charge in [0.25, 0.3) is 0 Å². The Balaban J connectivity index is 0.000000219. The second-order valence-electron chi connectivity index (χ2n) is 3.87. The lowest BCUT2D eigenvalue weighted by Crippen LogP contribution is -2.12. The van der Waals surface area contributed by atoms with Crippen molar-refractivity contribution < 1.29 is 14.7 Å². The molecule has 0 spiro atoms. The molecule has 0 radical (unpaired) electrons. The summed E-state index contributed by atoms with van der Waals surface area (Å²) in [5.74, 6) is -0.907. The summed E-state index contributed by atoms with van der Waals surface area (Å²) in [5.41, 5.74) is 1.18. The summed E-state index contributed by atoms with van der Waals surface area (Å²) in [4.78, 5) is 20.3. The van der Waals surface area contributed by atoms with Gasteiger partial charge in [0.1, 0.15) is 6.54 Å². The lowest BCUT2D eigenvalue weighted by atomic mass is 10.2. The molecule has 2 aromatic carbocycles. The minimum atomic E-state index is -0.907. The van der Waals surface area contributed by atoms with E-state index in [1.54, 1.807) is 48.5 Å². The topological polar surface area (TPSA) is 66.4 Å². The minimum absolute atomic E-state index is 0.121. The first-order valence-corrected chi connectivity index (χ1v) is 6.70. The van der Waals surface area contributed by atoms with Crippen molar-refractivity contribution >= 4 is 41.1 Å². The van der Waals surface area contributed by atoms with Gasteiger partial charge in [-0.3, -0.25) is 9.59 Å². The number of hydrogen-bond donors (Lipinski definition) is 2. The average molecular weight is 326 g/mol. The van der Waals surface area contributed by atoms with Crippen LogP contribution < -0.4 is 5.32 Å². The summed E-state index contributed by atoms with van der Waals surface area (Å²) in [6.07, 6.45) is 0.738. The number of aliphatic carboxylic acids is 1. The second kappa shape index (κ2) is 9.00. The molecule has 2 aromatic rings. The zero-order chi connectivity index (χ0) is 15.7. The lowest BCUT2D eigenvalue weighted by molar-refractivity contribution is -0.134. The van der Waals surface area contributed by atoms with Crippen LogP contribution in [0.5, 0.6) is 0 Å². The Morgan fingerprint density at radius 1 is 1.05 bits per heavy atom. The van der Waals surface area contributed by atoms with Gasteiger partial charge in [-0.05, 0) is 18.2 Å². The molecule has 0 unspecified atom stereocenters. The fourth-order valence-electron chi connectivity index (χ4n) is 1.35. The number of carboxylic acid groups (broad SMARTS) is 1. The highest BCUT2D eigenvalue weighted by Crippen LogP contribution is 2.19. The molecule has 21 heavy (non-hydrogen) atoms. The van der Waals surface area contributed by atoms with Crippen molar-refractivity contribution in [1.29, 1.82) is 0 Å². The molecule has 4 nitrogen and oxygen atoms in total. The third kappa shape index (κ3) is 6.29. The van der Waals surface area contributed by atoms with Crippen molar-refractivity contribution in [1.82, 2.24) is 0 Å². The number of carbonyl (C=O) groups excluding carboxylic acids is 1. The zero-order valence-electron chi connectivity index (χ0n) is 10.9. The zero-order valence-corrected chi connectivity index (χ0v) is 12.4. The number of carbonyl (C=O) groups is 2. The third-order valence-corrected chi connectivity index (χ3v) is 3.01. The van der Waals surface area contributed by atoms with Crippen LogP contribution in [0.4, 0.5) is 5.69 Å². The van der Waals surface area contributed by atoms with Crippen LogP contribution in [0.2, 0.25) is 10.0 Å². The van der Waals surface area contributed by atoms with Gasteiger partial charge >= 0.3 is 5.97 Å². The number of nitrogens with one attached hydrogen (secondary N) is 1. The molecule has 110 valence electrons. The van der Waals surface area contributed by atoms with Gasteiger partial charge in [-0.25, -0.2) is 0 Å². The fourth-order valence-corrected chi connectivity index (χ4v) is 1.73. The number of anilines is 1. The smallest absolute Gasteiger partial charge is 0.322 e.